The van der Waals surface area contributed by atoms with Gasteiger partial charge < -0.3 is 19.8 Å². The van der Waals surface area contributed by atoms with Gasteiger partial charge in [0.15, 0.2) is 0 Å². The standard InChI is InChI=1S/C18H23N3O3/c1-4-15(16-12(2)20-24-13(16)3)19-17(22)21-10-18(23,11-21)14-8-6-5-7-9-14/h5-9,15,23H,4,10-11H2,1-3H3,(H,19,22). The van der Waals surface area contributed by atoms with Crippen molar-refractivity contribution in [1.82, 2.24) is 15.4 Å². The molecule has 1 unspecified atom stereocenters. The van der Waals surface area contributed by atoms with Gasteiger partial charge in [0.1, 0.15) is 11.4 Å². The summed E-state index contributed by atoms with van der Waals surface area (Å²) in [5, 5.41) is 17.6. The summed E-state index contributed by atoms with van der Waals surface area (Å²) in [6.45, 7) is 6.31. The molecule has 128 valence electrons. The number of β-amino-alcohol motifs (C(OH)–C–C–N with tert-alkyl or cyclic N) is 1. The van der Waals surface area contributed by atoms with Crippen LogP contribution in [0, 0.1) is 13.8 Å². The number of likely N-dealkylation sites (tertiary alicyclic amines) is 1. The molecule has 1 aliphatic rings. The third-order valence-corrected chi connectivity index (χ3v) is 4.65. The highest BCUT2D eigenvalue weighted by Gasteiger charge is 2.45. The molecule has 2 amide bonds. The van der Waals surface area contributed by atoms with E-state index in [0.717, 1.165) is 29.0 Å². The number of benzene rings is 1. The Morgan fingerprint density at radius 2 is 2.04 bits per heavy atom. The van der Waals surface area contributed by atoms with E-state index in [1.165, 1.54) is 0 Å². The van der Waals surface area contributed by atoms with Crippen LogP contribution in [0.2, 0.25) is 0 Å². The molecule has 2 aromatic rings. The second-order valence-corrected chi connectivity index (χ2v) is 6.40. The summed E-state index contributed by atoms with van der Waals surface area (Å²) in [5.74, 6) is 0.726. The second kappa shape index (κ2) is 6.28. The van der Waals surface area contributed by atoms with Crippen LogP contribution in [0.1, 0.15) is 42.0 Å². The van der Waals surface area contributed by atoms with E-state index >= 15 is 0 Å². The summed E-state index contributed by atoms with van der Waals surface area (Å²) in [6.07, 6.45) is 0.741. The van der Waals surface area contributed by atoms with Crippen molar-refractivity contribution in [3.05, 3.63) is 52.9 Å². The maximum absolute atomic E-state index is 12.5. The fourth-order valence-electron chi connectivity index (χ4n) is 3.27. The first-order valence-corrected chi connectivity index (χ1v) is 8.20. The topological polar surface area (TPSA) is 78.6 Å². The zero-order valence-electron chi connectivity index (χ0n) is 14.2. The Morgan fingerprint density at radius 1 is 1.38 bits per heavy atom. The molecule has 6 heteroatoms. The second-order valence-electron chi connectivity index (χ2n) is 6.40. The predicted molar refractivity (Wildman–Crippen MR) is 89.5 cm³/mol. The van der Waals surface area contributed by atoms with Crippen molar-refractivity contribution >= 4 is 6.03 Å². The summed E-state index contributed by atoms with van der Waals surface area (Å²) in [4.78, 5) is 14.1. The third-order valence-electron chi connectivity index (χ3n) is 4.65. The van der Waals surface area contributed by atoms with E-state index < -0.39 is 5.60 Å². The molecule has 1 saturated heterocycles. The summed E-state index contributed by atoms with van der Waals surface area (Å²) in [7, 11) is 0. The molecular formula is C18H23N3O3. The summed E-state index contributed by atoms with van der Waals surface area (Å²) < 4.78 is 5.20. The van der Waals surface area contributed by atoms with Gasteiger partial charge in [-0.25, -0.2) is 4.79 Å². The zero-order valence-corrected chi connectivity index (χ0v) is 14.2. The van der Waals surface area contributed by atoms with Crippen LogP contribution in [0.4, 0.5) is 4.79 Å². The molecule has 0 bridgehead atoms. The maximum Gasteiger partial charge on any atom is 0.318 e. The number of hydrogen-bond donors (Lipinski definition) is 2. The van der Waals surface area contributed by atoms with Crippen molar-refractivity contribution in [3.8, 4) is 0 Å². The molecule has 1 atom stereocenters. The number of urea groups is 1. The van der Waals surface area contributed by atoms with Gasteiger partial charge in [0.25, 0.3) is 0 Å². The average Bonchev–Trinajstić information content (AvgIpc) is 2.89. The van der Waals surface area contributed by atoms with Gasteiger partial charge in [-0.3, -0.25) is 0 Å². The number of aromatic nitrogens is 1. The predicted octanol–water partition coefficient (Wildman–Crippen LogP) is 2.66. The minimum atomic E-state index is -0.955. The van der Waals surface area contributed by atoms with E-state index in [-0.39, 0.29) is 12.1 Å². The first kappa shape index (κ1) is 16.5. The van der Waals surface area contributed by atoms with Crippen LogP contribution < -0.4 is 5.32 Å². The number of hydrogen-bond acceptors (Lipinski definition) is 4. The molecule has 24 heavy (non-hydrogen) atoms. The highest BCUT2D eigenvalue weighted by Crippen LogP contribution is 2.32. The van der Waals surface area contributed by atoms with Crippen LogP contribution in [-0.2, 0) is 5.60 Å². The van der Waals surface area contributed by atoms with Gasteiger partial charge in [-0.2, -0.15) is 0 Å². The van der Waals surface area contributed by atoms with E-state index in [0.29, 0.717) is 13.1 Å². The number of nitrogens with one attached hydrogen (secondary N) is 1. The molecule has 2 heterocycles. The molecule has 1 fully saturated rings. The number of nitrogens with zero attached hydrogens (tertiary/aromatic N) is 2. The molecule has 3 rings (SSSR count). The maximum atomic E-state index is 12.5. The Bertz CT molecular complexity index is 701. The lowest BCUT2D eigenvalue weighted by Crippen LogP contribution is -2.63. The van der Waals surface area contributed by atoms with Crippen molar-refractivity contribution in [2.24, 2.45) is 0 Å². The lowest BCUT2D eigenvalue weighted by molar-refractivity contribution is -0.0819. The Kier molecular flexibility index (Phi) is 4.32. The van der Waals surface area contributed by atoms with Gasteiger partial charge >= 0.3 is 6.03 Å². The fourth-order valence-corrected chi connectivity index (χ4v) is 3.27. The highest BCUT2D eigenvalue weighted by atomic mass is 16.5. The Morgan fingerprint density at radius 3 is 2.58 bits per heavy atom. The summed E-state index contributed by atoms with van der Waals surface area (Å²) >= 11 is 0. The van der Waals surface area contributed by atoms with E-state index in [9.17, 15) is 9.90 Å². The largest absolute Gasteiger partial charge is 0.381 e. The first-order chi connectivity index (χ1) is 11.4. The van der Waals surface area contributed by atoms with Crippen LogP contribution in [0.15, 0.2) is 34.9 Å². The highest BCUT2D eigenvalue weighted by molar-refractivity contribution is 5.76. The van der Waals surface area contributed by atoms with Crippen molar-refractivity contribution in [2.45, 2.75) is 38.8 Å². The summed E-state index contributed by atoms with van der Waals surface area (Å²) in [6, 6.07) is 9.13. The van der Waals surface area contributed by atoms with Crippen molar-refractivity contribution in [3.63, 3.8) is 0 Å². The van der Waals surface area contributed by atoms with Crippen molar-refractivity contribution in [1.29, 1.82) is 0 Å². The number of rotatable bonds is 4. The van der Waals surface area contributed by atoms with E-state index in [2.05, 4.69) is 10.5 Å². The fraction of sp³-hybridized carbons (Fsp3) is 0.444. The van der Waals surface area contributed by atoms with E-state index in [4.69, 9.17) is 4.52 Å². The normalized spacial score (nSPS) is 17.2. The van der Waals surface area contributed by atoms with Gasteiger partial charge in [-0.15, -0.1) is 0 Å². The monoisotopic (exact) mass is 329 g/mol. The molecule has 6 nitrogen and oxygen atoms in total. The lowest BCUT2D eigenvalue weighted by atomic mass is 9.86. The number of amides is 2. The Balaban J connectivity index is 1.64. The first-order valence-electron chi connectivity index (χ1n) is 8.20. The van der Waals surface area contributed by atoms with Gasteiger partial charge in [-0.05, 0) is 25.8 Å². The quantitative estimate of drug-likeness (QED) is 0.904. The molecule has 0 radical (unpaired) electrons. The van der Waals surface area contributed by atoms with E-state index in [1.54, 1.807) is 4.90 Å². The average molecular weight is 329 g/mol. The van der Waals surface area contributed by atoms with Crippen LogP contribution in [0.5, 0.6) is 0 Å². The van der Waals surface area contributed by atoms with Crippen molar-refractivity contribution < 1.29 is 14.4 Å². The van der Waals surface area contributed by atoms with E-state index in [1.807, 2.05) is 51.1 Å². The van der Waals surface area contributed by atoms with Crippen LogP contribution in [0.25, 0.3) is 0 Å². The smallest absolute Gasteiger partial charge is 0.318 e. The van der Waals surface area contributed by atoms with Crippen molar-refractivity contribution in [2.75, 3.05) is 13.1 Å². The molecule has 0 saturated carbocycles. The molecule has 2 N–H and O–H groups in total. The number of carbonyl (C=O) groups is 1. The van der Waals surface area contributed by atoms with Gasteiger partial charge in [0, 0.05) is 5.56 Å². The molecule has 1 aliphatic heterocycles. The number of aryl methyl sites for hydroxylation is 2. The summed E-state index contributed by atoms with van der Waals surface area (Å²) in [5.41, 5.74) is 1.61. The lowest BCUT2D eigenvalue weighted by Gasteiger charge is -2.46. The van der Waals surface area contributed by atoms with Gasteiger partial charge in [0.2, 0.25) is 0 Å². The third kappa shape index (κ3) is 2.89. The molecule has 0 aliphatic carbocycles. The molecule has 0 spiro atoms. The Hall–Kier alpha value is -2.34. The minimum absolute atomic E-state index is 0.144. The Labute approximate surface area is 141 Å². The van der Waals surface area contributed by atoms with Gasteiger partial charge in [0.05, 0.1) is 24.8 Å². The van der Waals surface area contributed by atoms with Crippen LogP contribution in [-0.4, -0.2) is 34.3 Å². The zero-order chi connectivity index (χ0) is 17.3. The molecule has 1 aromatic heterocycles. The number of aliphatic hydroxyl groups is 1. The number of carbonyl (C=O) groups excluding carboxylic acids is 1. The van der Waals surface area contributed by atoms with Crippen LogP contribution in [0.3, 0.4) is 0 Å². The SMILES string of the molecule is CCC(NC(=O)N1CC(O)(c2ccccc2)C1)c1c(C)noc1C. The molecule has 1 aromatic carbocycles. The van der Waals surface area contributed by atoms with Gasteiger partial charge in [-0.1, -0.05) is 42.4 Å². The minimum Gasteiger partial charge on any atom is -0.381 e. The van der Waals surface area contributed by atoms with Crippen LogP contribution >= 0.6 is 0 Å². The molecular weight excluding hydrogens is 306 g/mol.